The van der Waals surface area contributed by atoms with Crippen LogP contribution in [-0.2, 0) is 4.79 Å². The van der Waals surface area contributed by atoms with Crippen molar-refractivity contribution in [3.8, 4) is 17.0 Å². The van der Waals surface area contributed by atoms with Gasteiger partial charge in [0.25, 0.3) is 11.8 Å². The van der Waals surface area contributed by atoms with Crippen LogP contribution in [0.3, 0.4) is 0 Å². The number of amides is 3. The second kappa shape index (κ2) is 10.3. The lowest BCUT2D eigenvalue weighted by Gasteiger charge is -2.22. The van der Waals surface area contributed by atoms with Crippen LogP contribution >= 0.6 is 0 Å². The third-order valence-electron chi connectivity index (χ3n) is 5.94. The van der Waals surface area contributed by atoms with E-state index in [1.165, 1.54) is 24.1 Å². The van der Waals surface area contributed by atoms with Crippen LogP contribution in [0.4, 0.5) is 5.82 Å². The first-order valence-electron chi connectivity index (χ1n) is 11.4. The van der Waals surface area contributed by atoms with Crippen LogP contribution in [0.2, 0.25) is 0 Å². The summed E-state index contributed by atoms with van der Waals surface area (Å²) in [6, 6.07) is 9.41. The molecule has 0 spiro atoms. The van der Waals surface area contributed by atoms with Gasteiger partial charge in [-0.2, -0.15) is 0 Å². The molecule has 1 saturated heterocycles. The van der Waals surface area contributed by atoms with Crippen LogP contribution in [-0.4, -0.2) is 50.9 Å². The summed E-state index contributed by atoms with van der Waals surface area (Å²) in [5, 5.41) is 2.71. The molecule has 5 N–H and O–H groups in total. The number of hydrogen-bond acceptors (Lipinski definition) is 7. The van der Waals surface area contributed by atoms with Crippen molar-refractivity contribution in [1.82, 2.24) is 19.5 Å². The number of primary amides is 1. The maximum Gasteiger partial charge on any atom is 0.269 e. The molecule has 0 aliphatic carbocycles. The van der Waals surface area contributed by atoms with Gasteiger partial charge in [-0.15, -0.1) is 0 Å². The van der Waals surface area contributed by atoms with E-state index in [2.05, 4.69) is 15.3 Å². The molecule has 11 heteroatoms. The van der Waals surface area contributed by atoms with Gasteiger partial charge in [0, 0.05) is 29.9 Å². The molecule has 1 aliphatic rings. The Morgan fingerprint density at radius 2 is 1.94 bits per heavy atom. The lowest BCUT2D eigenvalue weighted by molar-refractivity contribution is -0.127. The maximum absolute atomic E-state index is 12.7. The van der Waals surface area contributed by atoms with Crippen molar-refractivity contribution in [3.63, 3.8) is 0 Å². The number of nitrogens with zero attached hydrogens (tertiary/aromatic N) is 4. The minimum Gasteiger partial charge on any atom is -0.497 e. The van der Waals surface area contributed by atoms with Crippen molar-refractivity contribution in [2.45, 2.75) is 25.8 Å². The number of hydrogen-bond donors (Lipinski definition) is 3. The van der Waals surface area contributed by atoms with E-state index in [1.54, 1.807) is 54.3 Å². The number of ether oxygens (including phenoxy) is 1. The first-order valence-corrected chi connectivity index (χ1v) is 11.4. The first-order chi connectivity index (χ1) is 17.3. The zero-order chi connectivity index (χ0) is 25.8. The van der Waals surface area contributed by atoms with E-state index in [-0.39, 0.29) is 29.2 Å². The molecule has 1 aliphatic heterocycles. The molecular formula is C25H27N7O4. The van der Waals surface area contributed by atoms with Gasteiger partial charge in [0.05, 0.1) is 13.2 Å². The number of nitrogens with one attached hydrogen (secondary N) is 1. The fraction of sp³-hybridized carbons (Fsp3) is 0.240. The monoisotopic (exact) mass is 489 g/mol. The Bertz CT molecular complexity index is 1330. The highest BCUT2D eigenvalue weighted by Crippen LogP contribution is 2.34. The van der Waals surface area contributed by atoms with Gasteiger partial charge < -0.3 is 26.5 Å². The molecule has 4 rings (SSSR count). The van der Waals surface area contributed by atoms with Crippen LogP contribution in [0.15, 0.2) is 54.7 Å². The lowest BCUT2D eigenvalue weighted by atomic mass is 10.1. The third-order valence-corrected chi connectivity index (χ3v) is 5.94. The van der Waals surface area contributed by atoms with Crippen LogP contribution in [0.1, 0.15) is 52.5 Å². The number of likely N-dealkylation sites (tertiary alicyclic amines) is 1. The fourth-order valence-corrected chi connectivity index (χ4v) is 4.23. The summed E-state index contributed by atoms with van der Waals surface area (Å²) < 4.78 is 6.31. The Morgan fingerprint density at radius 1 is 1.19 bits per heavy atom. The number of nitrogens with two attached hydrogens (primary N) is 2. The van der Waals surface area contributed by atoms with Gasteiger partial charge in [0.15, 0.2) is 11.5 Å². The number of benzene rings is 1. The van der Waals surface area contributed by atoms with Crippen LogP contribution in [0.25, 0.3) is 11.3 Å². The molecule has 36 heavy (non-hydrogen) atoms. The van der Waals surface area contributed by atoms with Gasteiger partial charge in [0.2, 0.25) is 5.91 Å². The highest BCUT2D eigenvalue weighted by atomic mass is 16.5. The van der Waals surface area contributed by atoms with E-state index in [9.17, 15) is 14.4 Å². The van der Waals surface area contributed by atoms with Crippen molar-refractivity contribution < 1.29 is 19.1 Å². The second-order valence-electron chi connectivity index (χ2n) is 8.20. The first kappa shape index (κ1) is 24.5. The van der Waals surface area contributed by atoms with Crippen molar-refractivity contribution in [3.05, 3.63) is 71.8 Å². The lowest BCUT2D eigenvalue weighted by Crippen LogP contribution is -2.33. The summed E-state index contributed by atoms with van der Waals surface area (Å²) in [5.74, 6) is 6.29. The van der Waals surface area contributed by atoms with E-state index >= 15 is 0 Å². The van der Waals surface area contributed by atoms with Gasteiger partial charge in [-0.1, -0.05) is 18.2 Å². The molecule has 3 amide bonds. The number of rotatable bonds is 7. The van der Waals surface area contributed by atoms with Crippen molar-refractivity contribution >= 4 is 23.5 Å². The Hall–Kier alpha value is -4.67. The molecule has 186 valence electrons. The molecule has 1 aromatic carbocycles. The number of allylic oxidation sites excluding steroid dienone is 1. The number of aromatic nitrogens is 3. The molecule has 1 fully saturated rings. The van der Waals surface area contributed by atoms with E-state index in [0.717, 1.165) is 6.42 Å². The summed E-state index contributed by atoms with van der Waals surface area (Å²) in [5.41, 5.74) is 6.87. The molecule has 3 aromatic rings. The fourth-order valence-electron chi connectivity index (χ4n) is 4.23. The summed E-state index contributed by atoms with van der Waals surface area (Å²) in [6.45, 7) is 2.33. The zero-order valence-electron chi connectivity index (χ0n) is 20.0. The largest absolute Gasteiger partial charge is 0.497 e. The third kappa shape index (κ3) is 4.76. The molecule has 1 atom stereocenters. The predicted octanol–water partition coefficient (Wildman–Crippen LogP) is 2.26. The Morgan fingerprint density at radius 3 is 2.61 bits per heavy atom. The SMILES string of the molecule is C/C=C/C(=O)N1CCC[C@H]1c1nc(-c2ccc(C(=O)Nc3cc(OC)ccn3)cc2)c(C(N)=O)n1N. The van der Waals surface area contributed by atoms with Gasteiger partial charge in [-0.3, -0.25) is 14.4 Å². The highest BCUT2D eigenvalue weighted by Gasteiger charge is 2.34. The van der Waals surface area contributed by atoms with Gasteiger partial charge in [-0.25, -0.2) is 14.6 Å². The summed E-state index contributed by atoms with van der Waals surface area (Å²) in [7, 11) is 1.53. The van der Waals surface area contributed by atoms with E-state index < -0.39 is 5.91 Å². The Labute approximate surface area is 207 Å². The number of nitrogen functional groups attached to an aromatic ring is 1. The topological polar surface area (TPSA) is 158 Å². The molecular weight excluding hydrogens is 462 g/mol. The average molecular weight is 490 g/mol. The predicted molar refractivity (Wildman–Crippen MR) is 134 cm³/mol. The van der Waals surface area contributed by atoms with E-state index in [0.29, 0.717) is 41.5 Å². The quantitative estimate of drug-likeness (QED) is 0.339. The van der Waals surface area contributed by atoms with Crippen LogP contribution in [0.5, 0.6) is 5.75 Å². The van der Waals surface area contributed by atoms with Gasteiger partial charge >= 0.3 is 0 Å². The second-order valence-corrected chi connectivity index (χ2v) is 8.20. The molecule has 11 nitrogen and oxygen atoms in total. The number of imidazole rings is 1. The number of carbonyl (C=O) groups excluding carboxylic acids is 3. The normalized spacial score (nSPS) is 15.3. The van der Waals surface area contributed by atoms with Crippen LogP contribution < -0.4 is 21.6 Å². The number of carbonyl (C=O) groups is 3. The number of pyridine rings is 1. The maximum atomic E-state index is 12.7. The average Bonchev–Trinajstić information content (AvgIpc) is 3.49. The van der Waals surface area contributed by atoms with E-state index in [4.69, 9.17) is 16.3 Å². The molecule has 3 heterocycles. The van der Waals surface area contributed by atoms with Crippen LogP contribution in [0, 0.1) is 0 Å². The van der Waals surface area contributed by atoms with Crippen molar-refractivity contribution in [2.24, 2.45) is 5.73 Å². The molecule has 0 saturated carbocycles. The minimum atomic E-state index is -0.749. The molecule has 2 aromatic heterocycles. The Balaban J connectivity index is 1.62. The molecule has 0 radical (unpaired) electrons. The Kier molecular flexibility index (Phi) is 7.00. The highest BCUT2D eigenvalue weighted by molar-refractivity contribution is 6.04. The van der Waals surface area contributed by atoms with E-state index in [1.807, 2.05) is 0 Å². The minimum absolute atomic E-state index is 0.0214. The van der Waals surface area contributed by atoms with Crippen molar-refractivity contribution in [2.75, 3.05) is 24.8 Å². The van der Waals surface area contributed by atoms with Crippen molar-refractivity contribution in [1.29, 1.82) is 0 Å². The summed E-state index contributed by atoms with van der Waals surface area (Å²) in [6.07, 6.45) is 6.14. The zero-order valence-corrected chi connectivity index (χ0v) is 20.0. The molecule has 0 bridgehead atoms. The molecule has 0 unspecified atom stereocenters. The van der Waals surface area contributed by atoms with Gasteiger partial charge in [-0.05, 0) is 44.0 Å². The summed E-state index contributed by atoms with van der Waals surface area (Å²) >= 11 is 0. The standard InChI is InChI=1S/C25H27N7O4/c1-3-5-20(33)31-13-4-6-18(31)24-30-21(22(23(26)34)32(24)27)15-7-9-16(10-8-15)25(35)29-19-14-17(36-2)11-12-28-19/h3,5,7-12,14,18H,4,6,13,27H2,1-2H3,(H2,26,34)(H,28,29,35)/b5-3+/t18-/m0/s1. The smallest absolute Gasteiger partial charge is 0.269 e. The number of methoxy groups -OCH3 is 1. The number of anilines is 1. The van der Waals surface area contributed by atoms with Gasteiger partial charge in [0.1, 0.15) is 17.3 Å². The summed E-state index contributed by atoms with van der Waals surface area (Å²) in [4.78, 5) is 47.9.